The minimum absolute atomic E-state index is 0.190. The predicted molar refractivity (Wildman–Crippen MR) is 58.0 cm³/mol. The molecule has 17 heavy (non-hydrogen) atoms. The molecule has 0 saturated heterocycles. The summed E-state index contributed by atoms with van der Waals surface area (Å²) < 4.78 is 4.54. The molecule has 0 fully saturated rings. The maximum absolute atomic E-state index is 11.3. The molecule has 0 saturated carbocycles. The maximum atomic E-state index is 11.3. The highest BCUT2D eigenvalue weighted by Crippen LogP contribution is 2.06. The van der Waals surface area contributed by atoms with Crippen LogP contribution in [0.3, 0.4) is 0 Å². The van der Waals surface area contributed by atoms with E-state index in [1.807, 2.05) is 6.07 Å². The summed E-state index contributed by atoms with van der Waals surface area (Å²) >= 11 is 0. The van der Waals surface area contributed by atoms with Gasteiger partial charge in [0.15, 0.2) is 6.61 Å². The van der Waals surface area contributed by atoms with Gasteiger partial charge in [-0.2, -0.15) is 5.26 Å². The van der Waals surface area contributed by atoms with Crippen molar-refractivity contribution in [3.63, 3.8) is 0 Å². The van der Waals surface area contributed by atoms with Crippen molar-refractivity contribution in [1.82, 2.24) is 10.3 Å². The number of alkyl carbamates (subject to hydrolysis) is 1. The van der Waals surface area contributed by atoms with Gasteiger partial charge in [0.05, 0.1) is 0 Å². The van der Waals surface area contributed by atoms with Crippen LogP contribution in [0.15, 0.2) is 18.3 Å². The molecular formula is C10H10N4O3. The number of nitrogens with zero attached hydrogens (tertiary/aromatic N) is 2. The molecule has 88 valence electrons. The minimum atomic E-state index is -0.687. The molecule has 0 unspecified atom stereocenters. The molecule has 0 aromatic carbocycles. The van der Waals surface area contributed by atoms with Gasteiger partial charge in [-0.25, -0.2) is 9.78 Å². The van der Waals surface area contributed by atoms with E-state index in [9.17, 15) is 9.59 Å². The van der Waals surface area contributed by atoms with Crippen molar-refractivity contribution in [3.8, 4) is 6.07 Å². The Morgan fingerprint density at radius 1 is 1.59 bits per heavy atom. The first kappa shape index (κ1) is 12.4. The minimum Gasteiger partial charge on any atom is -0.439 e. The summed E-state index contributed by atoms with van der Waals surface area (Å²) in [7, 11) is 1.39. The number of anilines is 1. The Bertz CT molecular complexity index is 467. The molecular weight excluding hydrogens is 224 g/mol. The van der Waals surface area contributed by atoms with Gasteiger partial charge in [0.2, 0.25) is 0 Å². The van der Waals surface area contributed by atoms with Crippen molar-refractivity contribution < 1.29 is 14.3 Å². The van der Waals surface area contributed by atoms with Crippen LogP contribution < -0.4 is 10.6 Å². The molecule has 1 aromatic heterocycles. The lowest BCUT2D eigenvalue weighted by atomic mass is 10.3. The Morgan fingerprint density at radius 2 is 2.35 bits per heavy atom. The molecule has 1 rings (SSSR count). The van der Waals surface area contributed by atoms with Gasteiger partial charge in [-0.15, -0.1) is 0 Å². The van der Waals surface area contributed by atoms with Crippen LogP contribution in [0.4, 0.5) is 10.5 Å². The van der Waals surface area contributed by atoms with Crippen molar-refractivity contribution in [2.45, 2.75) is 0 Å². The Labute approximate surface area is 97.4 Å². The van der Waals surface area contributed by atoms with E-state index < -0.39 is 18.6 Å². The SMILES string of the molecule is CNC(=O)OCC(=O)Nc1ccnc(C#N)c1. The van der Waals surface area contributed by atoms with Crippen molar-refractivity contribution in [1.29, 1.82) is 5.26 Å². The third-order valence-corrected chi connectivity index (χ3v) is 1.70. The highest BCUT2D eigenvalue weighted by molar-refractivity contribution is 5.92. The molecule has 1 aromatic rings. The summed E-state index contributed by atoms with van der Waals surface area (Å²) in [6.45, 7) is -0.399. The molecule has 7 nitrogen and oxygen atoms in total. The molecule has 2 amide bonds. The number of pyridine rings is 1. The average Bonchev–Trinajstić information content (AvgIpc) is 2.36. The van der Waals surface area contributed by atoms with Crippen LogP contribution in [-0.2, 0) is 9.53 Å². The zero-order chi connectivity index (χ0) is 12.7. The Kier molecular flexibility index (Phi) is 4.45. The van der Waals surface area contributed by atoms with Crippen molar-refractivity contribution in [3.05, 3.63) is 24.0 Å². The number of rotatable bonds is 3. The third kappa shape index (κ3) is 4.17. The molecule has 0 aliphatic rings. The number of aromatic nitrogens is 1. The van der Waals surface area contributed by atoms with E-state index in [4.69, 9.17) is 5.26 Å². The van der Waals surface area contributed by atoms with E-state index in [1.54, 1.807) is 0 Å². The lowest BCUT2D eigenvalue weighted by molar-refractivity contribution is -0.118. The second kappa shape index (κ2) is 6.07. The molecule has 0 aliphatic heterocycles. The van der Waals surface area contributed by atoms with Gasteiger partial charge in [-0.1, -0.05) is 0 Å². The highest BCUT2D eigenvalue weighted by atomic mass is 16.6. The van der Waals surface area contributed by atoms with Crippen LogP contribution in [0.25, 0.3) is 0 Å². The predicted octanol–water partition coefficient (Wildman–Crippen LogP) is 0.248. The monoisotopic (exact) mass is 234 g/mol. The largest absolute Gasteiger partial charge is 0.439 e. The van der Waals surface area contributed by atoms with Gasteiger partial charge in [0.25, 0.3) is 5.91 Å². The first-order chi connectivity index (χ1) is 8.15. The lowest BCUT2D eigenvalue weighted by Gasteiger charge is -2.05. The van der Waals surface area contributed by atoms with Crippen LogP contribution in [-0.4, -0.2) is 30.6 Å². The summed E-state index contributed by atoms with van der Waals surface area (Å²) in [5, 5.41) is 13.3. The Morgan fingerprint density at radius 3 is 3.00 bits per heavy atom. The Balaban J connectivity index is 2.51. The second-order valence-corrected chi connectivity index (χ2v) is 2.92. The van der Waals surface area contributed by atoms with E-state index in [-0.39, 0.29) is 5.69 Å². The quantitative estimate of drug-likeness (QED) is 0.779. The van der Waals surface area contributed by atoms with E-state index in [0.717, 1.165) is 0 Å². The first-order valence-electron chi connectivity index (χ1n) is 4.66. The Hall–Kier alpha value is -2.62. The van der Waals surface area contributed by atoms with Crippen molar-refractivity contribution in [2.75, 3.05) is 19.0 Å². The number of ether oxygens (including phenoxy) is 1. The van der Waals surface area contributed by atoms with Gasteiger partial charge in [-0.3, -0.25) is 4.79 Å². The number of carbonyl (C=O) groups is 2. The smallest absolute Gasteiger partial charge is 0.407 e. The van der Waals surface area contributed by atoms with Crippen LogP contribution in [0.5, 0.6) is 0 Å². The zero-order valence-electron chi connectivity index (χ0n) is 9.06. The van der Waals surface area contributed by atoms with E-state index in [2.05, 4.69) is 20.4 Å². The van der Waals surface area contributed by atoms with E-state index in [1.165, 1.54) is 25.4 Å². The molecule has 0 atom stereocenters. The summed E-state index contributed by atoms with van der Waals surface area (Å²) in [5.41, 5.74) is 0.608. The van der Waals surface area contributed by atoms with Crippen LogP contribution in [0.1, 0.15) is 5.69 Å². The maximum Gasteiger partial charge on any atom is 0.407 e. The number of hydrogen-bond donors (Lipinski definition) is 2. The highest BCUT2D eigenvalue weighted by Gasteiger charge is 2.06. The fraction of sp³-hybridized carbons (Fsp3) is 0.200. The van der Waals surface area contributed by atoms with Crippen LogP contribution in [0, 0.1) is 11.3 Å². The zero-order valence-corrected chi connectivity index (χ0v) is 9.06. The van der Waals surface area contributed by atoms with Crippen molar-refractivity contribution in [2.24, 2.45) is 0 Å². The van der Waals surface area contributed by atoms with Crippen LogP contribution in [0.2, 0.25) is 0 Å². The fourth-order valence-corrected chi connectivity index (χ4v) is 0.970. The topological polar surface area (TPSA) is 104 Å². The molecule has 0 radical (unpaired) electrons. The number of nitriles is 1. The van der Waals surface area contributed by atoms with Gasteiger partial charge < -0.3 is 15.4 Å². The molecule has 2 N–H and O–H groups in total. The van der Waals surface area contributed by atoms with E-state index in [0.29, 0.717) is 5.69 Å². The van der Waals surface area contributed by atoms with Gasteiger partial charge in [-0.05, 0) is 12.1 Å². The van der Waals surface area contributed by atoms with Gasteiger partial charge in [0, 0.05) is 18.9 Å². The van der Waals surface area contributed by atoms with E-state index >= 15 is 0 Å². The lowest BCUT2D eigenvalue weighted by Crippen LogP contribution is -2.26. The number of hydrogen-bond acceptors (Lipinski definition) is 5. The molecule has 7 heteroatoms. The number of amides is 2. The summed E-state index contributed by atoms with van der Waals surface area (Å²) in [5.74, 6) is -0.497. The number of nitrogens with one attached hydrogen (secondary N) is 2. The number of carbonyl (C=O) groups excluding carboxylic acids is 2. The average molecular weight is 234 g/mol. The third-order valence-electron chi connectivity index (χ3n) is 1.70. The normalized spacial score (nSPS) is 8.94. The standard InChI is InChI=1S/C10H10N4O3/c1-12-10(16)17-6-9(15)14-7-2-3-13-8(4-7)5-11/h2-4H,6H2,1H3,(H,12,16)(H,13,14,15). The molecule has 0 spiro atoms. The second-order valence-electron chi connectivity index (χ2n) is 2.92. The first-order valence-corrected chi connectivity index (χ1v) is 4.66. The fourth-order valence-electron chi connectivity index (χ4n) is 0.970. The molecule has 0 aliphatic carbocycles. The van der Waals surface area contributed by atoms with Gasteiger partial charge >= 0.3 is 6.09 Å². The summed E-state index contributed by atoms with van der Waals surface area (Å²) in [4.78, 5) is 25.8. The summed E-state index contributed by atoms with van der Waals surface area (Å²) in [6, 6.07) is 4.78. The van der Waals surface area contributed by atoms with Crippen molar-refractivity contribution >= 4 is 17.7 Å². The molecule has 1 heterocycles. The van der Waals surface area contributed by atoms with Crippen LogP contribution >= 0.6 is 0 Å². The summed E-state index contributed by atoms with van der Waals surface area (Å²) in [6.07, 6.45) is 0.709. The molecule has 0 bridgehead atoms. The van der Waals surface area contributed by atoms with Gasteiger partial charge in [0.1, 0.15) is 11.8 Å².